The average molecular weight is 331 g/mol. The van der Waals surface area contributed by atoms with Gasteiger partial charge in [-0.2, -0.15) is 10.2 Å². The first-order valence-corrected chi connectivity index (χ1v) is 8.60. The molecule has 0 aliphatic carbocycles. The molecular weight excluding hydrogens is 302 g/mol. The van der Waals surface area contributed by atoms with E-state index in [0.717, 1.165) is 34.9 Å². The van der Waals surface area contributed by atoms with Crippen molar-refractivity contribution in [1.82, 2.24) is 24.9 Å². The van der Waals surface area contributed by atoms with Gasteiger partial charge in [-0.25, -0.2) is 0 Å². The van der Waals surface area contributed by atoms with Crippen molar-refractivity contribution in [3.8, 4) is 0 Å². The van der Waals surface area contributed by atoms with Crippen molar-refractivity contribution in [2.24, 2.45) is 0 Å². The second-order valence-corrected chi connectivity index (χ2v) is 6.61. The van der Waals surface area contributed by atoms with E-state index in [2.05, 4.69) is 29.4 Å². The van der Waals surface area contributed by atoms with Gasteiger partial charge >= 0.3 is 0 Å². The van der Waals surface area contributed by atoms with Gasteiger partial charge in [0.05, 0.1) is 23.5 Å². The minimum atomic E-state index is -0.0505. The van der Waals surface area contributed by atoms with Crippen LogP contribution in [0, 0.1) is 27.7 Å². The molecule has 0 saturated heterocycles. The Morgan fingerprint density at radius 3 is 2.38 bits per heavy atom. The summed E-state index contributed by atoms with van der Waals surface area (Å²) in [6, 6.07) is 2.01. The molecule has 1 amide bonds. The maximum Gasteiger partial charge on any atom is 0.222 e. The molecule has 2 aromatic rings. The third kappa shape index (κ3) is 3.68. The number of aromatic nitrogens is 4. The van der Waals surface area contributed by atoms with Gasteiger partial charge < -0.3 is 5.32 Å². The van der Waals surface area contributed by atoms with Gasteiger partial charge in [0.15, 0.2) is 0 Å². The van der Waals surface area contributed by atoms with Crippen LogP contribution in [-0.4, -0.2) is 25.5 Å². The SMILES string of the molecule is CCn1nc(C)c([C@H](C)NC(=O)C[C@@H](C)n2nc(C)cc2C)c1C. The summed E-state index contributed by atoms with van der Waals surface area (Å²) in [5.41, 5.74) is 5.27. The van der Waals surface area contributed by atoms with E-state index in [1.54, 1.807) is 0 Å². The van der Waals surface area contributed by atoms with Crippen molar-refractivity contribution >= 4 is 5.91 Å². The quantitative estimate of drug-likeness (QED) is 0.884. The maximum absolute atomic E-state index is 12.4. The summed E-state index contributed by atoms with van der Waals surface area (Å²) in [6.07, 6.45) is 0.409. The highest BCUT2D eigenvalue weighted by atomic mass is 16.1. The monoisotopic (exact) mass is 331 g/mol. The second-order valence-electron chi connectivity index (χ2n) is 6.61. The summed E-state index contributed by atoms with van der Waals surface area (Å²) in [6.45, 7) is 15.0. The Balaban J connectivity index is 2.04. The lowest BCUT2D eigenvalue weighted by Crippen LogP contribution is -2.29. The Hall–Kier alpha value is -2.11. The van der Waals surface area contributed by atoms with Crippen molar-refractivity contribution in [2.75, 3.05) is 0 Å². The van der Waals surface area contributed by atoms with Crippen LogP contribution in [-0.2, 0) is 11.3 Å². The third-order valence-electron chi connectivity index (χ3n) is 4.49. The van der Waals surface area contributed by atoms with Crippen molar-refractivity contribution < 1.29 is 4.79 Å². The molecule has 2 heterocycles. The summed E-state index contributed by atoms with van der Waals surface area (Å²) in [5, 5.41) is 12.1. The fourth-order valence-corrected chi connectivity index (χ4v) is 3.46. The molecule has 2 rings (SSSR count). The maximum atomic E-state index is 12.4. The van der Waals surface area contributed by atoms with E-state index >= 15 is 0 Å². The zero-order chi connectivity index (χ0) is 18.0. The first-order valence-electron chi connectivity index (χ1n) is 8.60. The lowest BCUT2D eigenvalue weighted by Gasteiger charge is -2.18. The van der Waals surface area contributed by atoms with Crippen LogP contribution < -0.4 is 5.32 Å². The van der Waals surface area contributed by atoms with Crippen LogP contribution in [0.1, 0.15) is 67.6 Å². The zero-order valence-corrected chi connectivity index (χ0v) is 15.8. The lowest BCUT2D eigenvalue weighted by atomic mass is 10.1. The lowest BCUT2D eigenvalue weighted by molar-refractivity contribution is -0.122. The molecule has 1 N–H and O–H groups in total. The first kappa shape index (κ1) is 18.2. The van der Waals surface area contributed by atoms with E-state index in [4.69, 9.17) is 0 Å². The minimum Gasteiger partial charge on any atom is -0.349 e. The van der Waals surface area contributed by atoms with Crippen LogP contribution in [0.3, 0.4) is 0 Å². The second kappa shape index (κ2) is 7.20. The van der Waals surface area contributed by atoms with Gasteiger partial charge in [-0.1, -0.05) is 0 Å². The molecule has 0 radical (unpaired) electrons. The molecule has 132 valence electrons. The molecular formula is C18H29N5O. The summed E-state index contributed by atoms with van der Waals surface area (Å²) in [5.74, 6) is 0.0330. The first-order chi connectivity index (χ1) is 11.2. The largest absolute Gasteiger partial charge is 0.349 e. The zero-order valence-electron chi connectivity index (χ0n) is 15.8. The normalized spacial score (nSPS) is 13.8. The highest BCUT2D eigenvalue weighted by molar-refractivity contribution is 5.76. The van der Waals surface area contributed by atoms with Crippen LogP contribution in [0.4, 0.5) is 0 Å². The molecule has 0 unspecified atom stereocenters. The molecule has 6 nitrogen and oxygen atoms in total. The van der Waals surface area contributed by atoms with E-state index in [9.17, 15) is 4.79 Å². The Labute approximate surface area is 144 Å². The number of amides is 1. The average Bonchev–Trinajstić information content (AvgIpc) is 2.97. The number of nitrogens with one attached hydrogen (secondary N) is 1. The van der Waals surface area contributed by atoms with E-state index < -0.39 is 0 Å². The van der Waals surface area contributed by atoms with E-state index in [0.29, 0.717) is 6.42 Å². The molecule has 0 spiro atoms. The Morgan fingerprint density at radius 1 is 1.21 bits per heavy atom. The molecule has 0 fully saturated rings. The van der Waals surface area contributed by atoms with Crippen LogP contribution in [0.15, 0.2) is 6.07 Å². The molecule has 6 heteroatoms. The predicted octanol–water partition coefficient (Wildman–Crippen LogP) is 3.16. The minimum absolute atomic E-state index is 0.0330. The summed E-state index contributed by atoms with van der Waals surface area (Å²) in [4.78, 5) is 12.4. The van der Waals surface area contributed by atoms with E-state index in [1.807, 2.05) is 50.0 Å². The van der Waals surface area contributed by atoms with Gasteiger partial charge in [0.1, 0.15) is 0 Å². The van der Waals surface area contributed by atoms with Gasteiger partial charge in [0, 0.05) is 29.9 Å². The van der Waals surface area contributed by atoms with Crippen LogP contribution in [0.5, 0.6) is 0 Å². The number of carbonyl (C=O) groups excluding carboxylic acids is 1. The summed E-state index contributed by atoms with van der Waals surface area (Å²) < 4.78 is 3.90. The number of rotatable bonds is 6. The summed E-state index contributed by atoms with van der Waals surface area (Å²) in [7, 11) is 0. The highest BCUT2D eigenvalue weighted by Crippen LogP contribution is 2.22. The number of carbonyl (C=O) groups is 1. The topological polar surface area (TPSA) is 64.7 Å². The molecule has 2 aromatic heterocycles. The predicted molar refractivity (Wildman–Crippen MR) is 95.0 cm³/mol. The molecule has 0 aliphatic rings. The summed E-state index contributed by atoms with van der Waals surface area (Å²) >= 11 is 0. The van der Waals surface area contributed by atoms with Gasteiger partial charge in [0.2, 0.25) is 5.91 Å². The smallest absolute Gasteiger partial charge is 0.222 e. The number of aryl methyl sites for hydroxylation is 4. The fraction of sp³-hybridized carbons (Fsp3) is 0.611. The van der Waals surface area contributed by atoms with Crippen molar-refractivity contribution in [3.05, 3.63) is 34.4 Å². The van der Waals surface area contributed by atoms with Crippen molar-refractivity contribution in [1.29, 1.82) is 0 Å². The number of hydrogen-bond donors (Lipinski definition) is 1. The Kier molecular flexibility index (Phi) is 5.47. The molecule has 2 atom stereocenters. The van der Waals surface area contributed by atoms with Gasteiger partial charge in [-0.3, -0.25) is 14.2 Å². The van der Waals surface area contributed by atoms with Crippen molar-refractivity contribution in [3.63, 3.8) is 0 Å². The molecule has 0 bridgehead atoms. The number of nitrogens with zero attached hydrogens (tertiary/aromatic N) is 4. The van der Waals surface area contributed by atoms with Crippen LogP contribution in [0.25, 0.3) is 0 Å². The highest BCUT2D eigenvalue weighted by Gasteiger charge is 2.20. The third-order valence-corrected chi connectivity index (χ3v) is 4.49. The molecule has 0 aliphatic heterocycles. The van der Waals surface area contributed by atoms with Gasteiger partial charge in [-0.05, 0) is 54.5 Å². The molecule has 24 heavy (non-hydrogen) atoms. The van der Waals surface area contributed by atoms with E-state index in [1.165, 1.54) is 0 Å². The molecule has 0 aromatic carbocycles. The van der Waals surface area contributed by atoms with Crippen LogP contribution in [0.2, 0.25) is 0 Å². The van der Waals surface area contributed by atoms with Gasteiger partial charge in [0.25, 0.3) is 0 Å². The van der Waals surface area contributed by atoms with Crippen molar-refractivity contribution in [2.45, 2.75) is 73.5 Å². The Bertz CT molecular complexity index is 728. The van der Waals surface area contributed by atoms with Crippen LogP contribution >= 0.6 is 0 Å². The number of hydrogen-bond acceptors (Lipinski definition) is 3. The Morgan fingerprint density at radius 2 is 1.88 bits per heavy atom. The fourth-order valence-electron chi connectivity index (χ4n) is 3.46. The molecule has 0 saturated carbocycles. The van der Waals surface area contributed by atoms with Gasteiger partial charge in [-0.15, -0.1) is 0 Å². The van der Waals surface area contributed by atoms with E-state index in [-0.39, 0.29) is 18.0 Å². The standard InChI is InChI=1S/C18H29N5O/c1-8-22-16(7)18(15(6)21-22)14(5)19-17(24)10-13(4)23-12(3)9-11(2)20-23/h9,13-14H,8,10H2,1-7H3,(H,19,24)/t13-,14+/m1/s1.